The lowest BCUT2D eigenvalue weighted by Gasteiger charge is -2.32. The average Bonchev–Trinajstić information content (AvgIpc) is 2.34. The van der Waals surface area contributed by atoms with Crippen LogP contribution in [0.15, 0.2) is 0 Å². The molecule has 0 saturated heterocycles. The summed E-state index contributed by atoms with van der Waals surface area (Å²) in [5.74, 6) is -0.839. The van der Waals surface area contributed by atoms with Gasteiger partial charge in [0.1, 0.15) is 0 Å². The van der Waals surface area contributed by atoms with Crippen molar-refractivity contribution in [2.75, 3.05) is 19.8 Å². The van der Waals surface area contributed by atoms with E-state index in [9.17, 15) is 4.79 Å². The Morgan fingerprint density at radius 2 is 2.00 bits per heavy atom. The van der Waals surface area contributed by atoms with Gasteiger partial charge in [-0.2, -0.15) is 0 Å². The molecule has 108 valence electrons. The van der Waals surface area contributed by atoms with Crippen LogP contribution in [-0.2, 0) is 14.3 Å². The SMILES string of the molecule is CCC(CC)(COC(C)CCN)OCCC(=O)O. The Bertz CT molecular complexity index is 229. The minimum Gasteiger partial charge on any atom is -0.481 e. The predicted octanol–water partition coefficient (Wildman–Crippen LogP) is 1.79. The number of hydrogen-bond donors (Lipinski definition) is 2. The van der Waals surface area contributed by atoms with Gasteiger partial charge in [0.2, 0.25) is 0 Å². The largest absolute Gasteiger partial charge is 0.481 e. The van der Waals surface area contributed by atoms with Crippen molar-refractivity contribution < 1.29 is 19.4 Å². The van der Waals surface area contributed by atoms with E-state index in [0.29, 0.717) is 13.2 Å². The molecular weight excluding hydrogens is 234 g/mol. The molecule has 1 atom stereocenters. The van der Waals surface area contributed by atoms with Gasteiger partial charge in [0, 0.05) is 0 Å². The molecule has 0 radical (unpaired) electrons. The number of nitrogens with two attached hydrogens (primary N) is 1. The van der Waals surface area contributed by atoms with E-state index in [2.05, 4.69) is 0 Å². The summed E-state index contributed by atoms with van der Waals surface area (Å²) in [5.41, 5.74) is 5.09. The van der Waals surface area contributed by atoms with Gasteiger partial charge < -0.3 is 20.3 Å². The molecule has 5 heteroatoms. The van der Waals surface area contributed by atoms with Crippen LogP contribution in [-0.4, -0.2) is 42.5 Å². The second-order valence-electron chi connectivity index (χ2n) is 4.58. The third kappa shape index (κ3) is 6.93. The van der Waals surface area contributed by atoms with Crippen LogP contribution in [0.4, 0.5) is 0 Å². The first-order valence-electron chi connectivity index (χ1n) is 6.67. The van der Waals surface area contributed by atoms with Crippen LogP contribution in [0.3, 0.4) is 0 Å². The van der Waals surface area contributed by atoms with Crippen LogP contribution in [0.25, 0.3) is 0 Å². The van der Waals surface area contributed by atoms with E-state index in [1.54, 1.807) is 0 Å². The van der Waals surface area contributed by atoms with Gasteiger partial charge >= 0.3 is 5.97 Å². The van der Waals surface area contributed by atoms with Crippen LogP contribution < -0.4 is 5.73 Å². The Balaban J connectivity index is 4.19. The van der Waals surface area contributed by atoms with Crippen LogP contribution in [0.2, 0.25) is 0 Å². The molecule has 0 bridgehead atoms. The summed E-state index contributed by atoms with van der Waals surface area (Å²) in [4.78, 5) is 10.5. The molecule has 0 aliphatic carbocycles. The molecule has 18 heavy (non-hydrogen) atoms. The highest BCUT2D eigenvalue weighted by Gasteiger charge is 2.28. The second-order valence-corrected chi connectivity index (χ2v) is 4.58. The Labute approximate surface area is 110 Å². The first kappa shape index (κ1) is 17.4. The second kappa shape index (κ2) is 9.30. The lowest BCUT2D eigenvalue weighted by molar-refractivity contribution is -0.144. The molecule has 3 N–H and O–H groups in total. The van der Waals surface area contributed by atoms with Crippen molar-refractivity contribution in [3.63, 3.8) is 0 Å². The third-order valence-electron chi connectivity index (χ3n) is 3.22. The van der Waals surface area contributed by atoms with Gasteiger partial charge in [-0.1, -0.05) is 13.8 Å². The molecule has 0 rings (SSSR count). The van der Waals surface area contributed by atoms with Gasteiger partial charge in [-0.05, 0) is 32.7 Å². The maximum Gasteiger partial charge on any atom is 0.305 e. The van der Waals surface area contributed by atoms with Gasteiger partial charge in [0.15, 0.2) is 0 Å². The van der Waals surface area contributed by atoms with Gasteiger partial charge in [-0.3, -0.25) is 4.79 Å². The quantitative estimate of drug-likeness (QED) is 0.592. The highest BCUT2D eigenvalue weighted by Crippen LogP contribution is 2.22. The number of rotatable bonds is 11. The van der Waals surface area contributed by atoms with Crippen LogP contribution in [0, 0.1) is 0 Å². The van der Waals surface area contributed by atoms with Crippen LogP contribution in [0.1, 0.15) is 46.5 Å². The minimum atomic E-state index is -0.839. The standard InChI is InChI=1S/C13H27NO4/c1-4-13(5-2,18-9-7-12(15)16)10-17-11(3)6-8-14/h11H,4-10,14H2,1-3H3,(H,15,16). The van der Waals surface area contributed by atoms with Crippen molar-refractivity contribution in [1.29, 1.82) is 0 Å². The topological polar surface area (TPSA) is 81.8 Å². The molecule has 0 aromatic carbocycles. The maximum atomic E-state index is 10.5. The Hall–Kier alpha value is -0.650. The monoisotopic (exact) mass is 261 g/mol. The fourth-order valence-electron chi connectivity index (χ4n) is 1.67. The smallest absolute Gasteiger partial charge is 0.305 e. The van der Waals surface area contributed by atoms with Crippen molar-refractivity contribution in [1.82, 2.24) is 0 Å². The van der Waals surface area contributed by atoms with E-state index in [1.807, 2.05) is 20.8 Å². The number of hydrogen-bond acceptors (Lipinski definition) is 4. The number of carboxylic acids is 1. The summed E-state index contributed by atoms with van der Waals surface area (Å²) in [6, 6.07) is 0. The van der Waals surface area contributed by atoms with E-state index in [-0.39, 0.29) is 24.7 Å². The average molecular weight is 261 g/mol. The summed E-state index contributed by atoms with van der Waals surface area (Å²) in [5, 5.41) is 8.62. The Morgan fingerprint density at radius 1 is 1.39 bits per heavy atom. The molecule has 0 heterocycles. The molecule has 1 unspecified atom stereocenters. The molecule has 0 spiro atoms. The van der Waals surface area contributed by atoms with Gasteiger partial charge in [0.05, 0.1) is 31.3 Å². The number of carboxylic acid groups (broad SMARTS) is 1. The zero-order valence-corrected chi connectivity index (χ0v) is 11.8. The first-order valence-corrected chi connectivity index (χ1v) is 6.67. The summed E-state index contributed by atoms with van der Waals surface area (Å²) >= 11 is 0. The molecule has 0 aliphatic rings. The molecule has 0 aliphatic heterocycles. The summed E-state index contributed by atoms with van der Waals surface area (Å²) in [6.45, 7) is 7.36. The lowest BCUT2D eigenvalue weighted by Crippen LogP contribution is -2.38. The van der Waals surface area contributed by atoms with Crippen molar-refractivity contribution in [2.45, 2.75) is 58.2 Å². The normalized spacial score (nSPS) is 13.6. The van der Waals surface area contributed by atoms with Crippen LogP contribution >= 0.6 is 0 Å². The van der Waals surface area contributed by atoms with Crippen molar-refractivity contribution in [3.05, 3.63) is 0 Å². The molecule has 0 aromatic rings. The lowest BCUT2D eigenvalue weighted by atomic mass is 9.98. The molecular formula is C13H27NO4. The summed E-state index contributed by atoms with van der Waals surface area (Å²) in [7, 11) is 0. The number of aliphatic carboxylic acids is 1. The maximum absolute atomic E-state index is 10.5. The zero-order valence-electron chi connectivity index (χ0n) is 11.8. The number of carbonyl (C=O) groups is 1. The highest BCUT2D eigenvalue weighted by atomic mass is 16.5. The van der Waals surface area contributed by atoms with Gasteiger partial charge in [0.25, 0.3) is 0 Å². The molecule has 5 nitrogen and oxygen atoms in total. The van der Waals surface area contributed by atoms with Gasteiger partial charge in [-0.25, -0.2) is 0 Å². The van der Waals surface area contributed by atoms with E-state index < -0.39 is 5.97 Å². The van der Waals surface area contributed by atoms with E-state index >= 15 is 0 Å². The molecule has 0 aromatic heterocycles. The van der Waals surface area contributed by atoms with Crippen molar-refractivity contribution in [3.8, 4) is 0 Å². The first-order chi connectivity index (χ1) is 8.49. The minimum absolute atomic E-state index is 0.0279. The molecule has 0 saturated carbocycles. The van der Waals surface area contributed by atoms with Crippen LogP contribution in [0.5, 0.6) is 0 Å². The molecule has 0 amide bonds. The van der Waals surface area contributed by atoms with Crippen molar-refractivity contribution >= 4 is 5.97 Å². The number of ether oxygens (including phenoxy) is 2. The summed E-state index contributed by atoms with van der Waals surface area (Å²) < 4.78 is 11.5. The fourth-order valence-corrected chi connectivity index (χ4v) is 1.67. The Kier molecular flexibility index (Phi) is 8.97. The fraction of sp³-hybridized carbons (Fsp3) is 0.923. The molecule has 0 fully saturated rings. The summed E-state index contributed by atoms with van der Waals surface area (Å²) in [6.07, 6.45) is 2.56. The Morgan fingerprint density at radius 3 is 2.44 bits per heavy atom. The van der Waals surface area contributed by atoms with E-state index in [0.717, 1.165) is 19.3 Å². The predicted molar refractivity (Wildman–Crippen MR) is 70.6 cm³/mol. The van der Waals surface area contributed by atoms with Gasteiger partial charge in [-0.15, -0.1) is 0 Å². The zero-order chi connectivity index (χ0) is 14.0. The van der Waals surface area contributed by atoms with E-state index in [4.69, 9.17) is 20.3 Å². The third-order valence-corrected chi connectivity index (χ3v) is 3.22. The van der Waals surface area contributed by atoms with Crippen molar-refractivity contribution in [2.24, 2.45) is 5.73 Å². The highest BCUT2D eigenvalue weighted by molar-refractivity contribution is 5.66. The van der Waals surface area contributed by atoms with E-state index in [1.165, 1.54) is 0 Å².